The van der Waals surface area contributed by atoms with Gasteiger partial charge in [0.25, 0.3) is 0 Å². The van der Waals surface area contributed by atoms with Crippen LogP contribution in [0, 0.1) is 10.7 Å². The molecule has 1 saturated carbocycles. The predicted molar refractivity (Wildman–Crippen MR) is 75.7 cm³/mol. The lowest BCUT2D eigenvalue weighted by Gasteiger charge is -2.10. The van der Waals surface area contributed by atoms with E-state index in [4.69, 9.17) is 17.0 Å². The Bertz CT molecular complexity index is 641. The summed E-state index contributed by atoms with van der Waals surface area (Å²) >= 11 is 5.45. The lowest BCUT2D eigenvalue weighted by Crippen LogP contribution is -2.05. The minimum Gasteiger partial charge on any atom is -0.489 e. The molecule has 2 aromatic rings. The van der Waals surface area contributed by atoms with Crippen molar-refractivity contribution in [3.63, 3.8) is 0 Å². The number of aromatic amines is 1. The van der Waals surface area contributed by atoms with Gasteiger partial charge in [0.15, 0.2) is 4.77 Å². The first-order valence-corrected chi connectivity index (χ1v) is 6.88. The summed E-state index contributed by atoms with van der Waals surface area (Å²) in [5, 5.41) is 0. The summed E-state index contributed by atoms with van der Waals surface area (Å²) in [5.41, 5.74) is 2.18. The molecule has 0 amide bonds. The Morgan fingerprint density at radius 2 is 2.17 bits per heavy atom. The van der Waals surface area contributed by atoms with Crippen molar-refractivity contribution in [1.29, 1.82) is 0 Å². The molecule has 96 valence electrons. The molecular formula is C14H18N2OS. The van der Waals surface area contributed by atoms with Crippen LogP contribution < -0.4 is 4.74 Å². The minimum atomic E-state index is 0.167. The molecule has 2 atom stereocenters. The van der Waals surface area contributed by atoms with Crippen LogP contribution in [0.25, 0.3) is 11.0 Å². The van der Waals surface area contributed by atoms with Crippen molar-refractivity contribution in [3.8, 4) is 5.75 Å². The van der Waals surface area contributed by atoms with Gasteiger partial charge in [0.1, 0.15) is 11.3 Å². The molecule has 2 unspecified atom stereocenters. The molecule has 0 saturated heterocycles. The molecular weight excluding hydrogens is 244 g/mol. The van der Waals surface area contributed by atoms with E-state index in [-0.39, 0.29) is 6.10 Å². The Hall–Kier alpha value is -1.29. The van der Waals surface area contributed by atoms with E-state index in [0.717, 1.165) is 27.5 Å². The maximum absolute atomic E-state index is 5.83. The summed E-state index contributed by atoms with van der Waals surface area (Å²) in [6.45, 7) is 6.33. The van der Waals surface area contributed by atoms with Gasteiger partial charge in [-0.3, -0.25) is 0 Å². The highest BCUT2D eigenvalue weighted by Gasteiger charge is 2.36. The van der Waals surface area contributed by atoms with Gasteiger partial charge in [-0.05, 0) is 50.5 Å². The van der Waals surface area contributed by atoms with Crippen LogP contribution >= 0.6 is 12.2 Å². The molecule has 3 rings (SSSR count). The Labute approximate surface area is 112 Å². The van der Waals surface area contributed by atoms with Crippen LogP contribution in [0.2, 0.25) is 0 Å². The first-order valence-electron chi connectivity index (χ1n) is 6.48. The van der Waals surface area contributed by atoms with Crippen LogP contribution in [0.3, 0.4) is 0 Å². The van der Waals surface area contributed by atoms with Crippen LogP contribution in [0.1, 0.15) is 33.2 Å². The van der Waals surface area contributed by atoms with Crippen molar-refractivity contribution in [3.05, 3.63) is 23.0 Å². The second kappa shape index (κ2) is 4.12. The average molecular weight is 262 g/mol. The number of aromatic nitrogens is 2. The van der Waals surface area contributed by atoms with Gasteiger partial charge in [-0.25, -0.2) is 0 Å². The molecule has 0 bridgehead atoms. The Balaban J connectivity index is 2.16. The fraction of sp³-hybridized carbons (Fsp3) is 0.500. The quantitative estimate of drug-likeness (QED) is 0.845. The highest BCUT2D eigenvalue weighted by molar-refractivity contribution is 7.71. The normalized spacial score (nSPS) is 22.7. The molecule has 0 spiro atoms. The largest absolute Gasteiger partial charge is 0.489 e. The lowest BCUT2D eigenvalue weighted by molar-refractivity contribution is 0.245. The third kappa shape index (κ3) is 1.85. The highest BCUT2D eigenvalue weighted by atomic mass is 32.1. The number of benzene rings is 1. The molecule has 1 heterocycles. The number of imidazole rings is 1. The Morgan fingerprint density at radius 1 is 1.44 bits per heavy atom. The zero-order valence-corrected chi connectivity index (χ0v) is 11.8. The SMILES string of the molecule is CC(C)Oc1cccc2c1[nH]c(=S)n2C1CC1C. The summed E-state index contributed by atoms with van der Waals surface area (Å²) in [6, 6.07) is 6.70. The van der Waals surface area contributed by atoms with Gasteiger partial charge in [0.2, 0.25) is 0 Å². The topological polar surface area (TPSA) is 29.9 Å². The predicted octanol–water partition coefficient (Wildman–Crippen LogP) is 4.07. The van der Waals surface area contributed by atoms with Crippen LogP contribution in [0.4, 0.5) is 0 Å². The number of H-pyrrole nitrogens is 1. The number of hydrogen-bond acceptors (Lipinski definition) is 2. The summed E-state index contributed by atoms with van der Waals surface area (Å²) in [6.07, 6.45) is 1.39. The molecule has 4 heteroatoms. The molecule has 1 aliphatic carbocycles. The Kier molecular flexibility index (Phi) is 2.70. The fourth-order valence-corrected chi connectivity index (χ4v) is 2.80. The zero-order chi connectivity index (χ0) is 12.9. The van der Waals surface area contributed by atoms with Crippen molar-refractivity contribution in [2.45, 2.75) is 39.3 Å². The zero-order valence-electron chi connectivity index (χ0n) is 10.9. The first-order chi connectivity index (χ1) is 8.58. The summed E-state index contributed by atoms with van der Waals surface area (Å²) in [5.74, 6) is 1.62. The molecule has 0 aliphatic heterocycles. The van der Waals surface area contributed by atoms with Gasteiger partial charge in [-0.2, -0.15) is 0 Å². The van der Waals surface area contributed by atoms with E-state index >= 15 is 0 Å². The summed E-state index contributed by atoms with van der Waals surface area (Å²) in [7, 11) is 0. The van der Waals surface area contributed by atoms with Crippen LogP contribution in [0.15, 0.2) is 18.2 Å². The number of nitrogens with zero attached hydrogens (tertiary/aromatic N) is 1. The maximum atomic E-state index is 5.83. The van der Waals surface area contributed by atoms with Gasteiger partial charge in [0.05, 0.1) is 11.6 Å². The standard InChI is InChI=1S/C14H18N2OS/c1-8(2)17-12-6-4-5-10-13(12)15-14(18)16(10)11-7-9(11)3/h4-6,8-9,11H,7H2,1-3H3,(H,15,18). The van der Waals surface area contributed by atoms with E-state index < -0.39 is 0 Å². The van der Waals surface area contributed by atoms with Crippen LogP contribution in [-0.2, 0) is 0 Å². The van der Waals surface area contributed by atoms with Crippen LogP contribution in [0.5, 0.6) is 5.75 Å². The van der Waals surface area contributed by atoms with Gasteiger partial charge in [0, 0.05) is 6.04 Å². The van der Waals surface area contributed by atoms with E-state index in [0.29, 0.717) is 6.04 Å². The van der Waals surface area contributed by atoms with E-state index in [1.807, 2.05) is 26.0 Å². The second-order valence-electron chi connectivity index (χ2n) is 5.40. The monoisotopic (exact) mass is 262 g/mol. The molecule has 0 radical (unpaired) electrons. The van der Waals surface area contributed by atoms with Gasteiger partial charge < -0.3 is 14.3 Å². The molecule has 18 heavy (non-hydrogen) atoms. The van der Waals surface area contributed by atoms with Crippen molar-refractivity contribution >= 4 is 23.3 Å². The first kappa shape index (κ1) is 11.8. The molecule has 1 aromatic heterocycles. The average Bonchev–Trinajstić information content (AvgIpc) is 2.88. The van der Waals surface area contributed by atoms with E-state index in [9.17, 15) is 0 Å². The van der Waals surface area contributed by atoms with Crippen molar-refractivity contribution < 1.29 is 4.74 Å². The van der Waals surface area contributed by atoms with Gasteiger partial charge >= 0.3 is 0 Å². The molecule has 1 aromatic carbocycles. The van der Waals surface area contributed by atoms with Crippen molar-refractivity contribution in [1.82, 2.24) is 9.55 Å². The number of ether oxygens (including phenoxy) is 1. The molecule has 3 nitrogen and oxygen atoms in total. The summed E-state index contributed by atoms with van der Waals surface area (Å²) in [4.78, 5) is 3.30. The highest BCUT2D eigenvalue weighted by Crippen LogP contribution is 2.45. The van der Waals surface area contributed by atoms with Gasteiger partial charge in [-0.15, -0.1) is 0 Å². The number of para-hydroxylation sites is 1. The van der Waals surface area contributed by atoms with Crippen molar-refractivity contribution in [2.24, 2.45) is 5.92 Å². The van der Waals surface area contributed by atoms with Crippen molar-refractivity contribution in [2.75, 3.05) is 0 Å². The Morgan fingerprint density at radius 3 is 2.78 bits per heavy atom. The second-order valence-corrected chi connectivity index (χ2v) is 5.78. The maximum Gasteiger partial charge on any atom is 0.178 e. The number of hydrogen-bond donors (Lipinski definition) is 1. The third-order valence-electron chi connectivity index (χ3n) is 3.48. The smallest absolute Gasteiger partial charge is 0.178 e. The van der Waals surface area contributed by atoms with E-state index in [1.54, 1.807) is 0 Å². The lowest BCUT2D eigenvalue weighted by atomic mass is 10.3. The third-order valence-corrected chi connectivity index (χ3v) is 3.77. The number of nitrogens with one attached hydrogen (secondary N) is 1. The van der Waals surface area contributed by atoms with E-state index in [2.05, 4.69) is 22.5 Å². The molecule has 1 N–H and O–H groups in total. The fourth-order valence-electron chi connectivity index (χ4n) is 2.47. The summed E-state index contributed by atoms with van der Waals surface area (Å²) < 4.78 is 8.88. The molecule has 1 aliphatic rings. The minimum absolute atomic E-state index is 0.167. The number of fused-ring (bicyclic) bond motifs is 1. The van der Waals surface area contributed by atoms with E-state index in [1.165, 1.54) is 6.42 Å². The van der Waals surface area contributed by atoms with Gasteiger partial charge in [-0.1, -0.05) is 13.0 Å². The molecule has 1 fully saturated rings. The van der Waals surface area contributed by atoms with Crippen LogP contribution in [-0.4, -0.2) is 15.7 Å². The number of rotatable bonds is 3.